The summed E-state index contributed by atoms with van der Waals surface area (Å²) in [7, 11) is 0. The van der Waals surface area contributed by atoms with Crippen LogP contribution < -0.4 is 5.32 Å². The molecule has 0 aliphatic rings. The Labute approximate surface area is 136 Å². The second-order valence-electron chi connectivity index (χ2n) is 5.41. The third-order valence-corrected chi connectivity index (χ3v) is 3.59. The molecule has 0 bridgehead atoms. The van der Waals surface area contributed by atoms with Crippen LogP contribution >= 0.6 is 0 Å². The Kier molecular flexibility index (Phi) is 3.99. The van der Waals surface area contributed by atoms with Gasteiger partial charge in [0.05, 0.1) is 17.6 Å². The summed E-state index contributed by atoms with van der Waals surface area (Å²) in [5.41, 5.74) is 1.93. The molecule has 1 N–H and O–H groups in total. The van der Waals surface area contributed by atoms with Gasteiger partial charge in [-0.1, -0.05) is 12.1 Å². The van der Waals surface area contributed by atoms with Gasteiger partial charge in [0, 0.05) is 22.7 Å². The van der Waals surface area contributed by atoms with Gasteiger partial charge in [0.15, 0.2) is 0 Å². The molecule has 2 aromatic carbocycles. The number of anilines is 1. The Morgan fingerprint density at radius 1 is 1.29 bits per heavy atom. The monoisotopic (exact) mass is 328 g/mol. The van der Waals surface area contributed by atoms with Gasteiger partial charge in [-0.15, -0.1) is 0 Å². The van der Waals surface area contributed by atoms with E-state index in [0.717, 1.165) is 23.1 Å². The summed E-state index contributed by atoms with van der Waals surface area (Å²) in [6, 6.07) is 8.88. The molecule has 1 heterocycles. The minimum absolute atomic E-state index is 0.0429. The average Bonchev–Trinajstić information content (AvgIpc) is 2.91. The van der Waals surface area contributed by atoms with Gasteiger partial charge < -0.3 is 9.73 Å². The number of hydrogen-bond acceptors (Lipinski definition) is 4. The molecule has 0 unspecified atom stereocenters. The number of amides is 1. The number of halogens is 1. The second-order valence-corrected chi connectivity index (χ2v) is 5.41. The summed E-state index contributed by atoms with van der Waals surface area (Å²) in [6.45, 7) is 1.94. The largest absolute Gasteiger partial charge is 0.464 e. The Morgan fingerprint density at radius 3 is 2.83 bits per heavy atom. The highest BCUT2D eigenvalue weighted by Gasteiger charge is 2.16. The van der Waals surface area contributed by atoms with Gasteiger partial charge in [-0.25, -0.2) is 0 Å². The third kappa shape index (κ3) is 3.10. The number of hydrogen-bond donors (Lipinski definition) is 1. The van der Waals surface area contributed by atoms with Crippen LogP contribution in [0.2, 0.25) is 0 Å². The van der Waals surface area contributed by atoms with Gasteiger partial charge >= 0.3 is 5.69 Å². The molecule has 1 aromatic heterocycles. The molecule has 3 aromatic rings. The quantitative estimate of drug-likeness (QED) is 0.580. The summed E-state index contributed by atoms with van der Waals surface area (Å²) < 4.78 is 18.7. The van der Waals surface area contributed by atoms with Gasteiger partial charge in [-0.2, -0.15) is 4.39 Å². The minimum atomic E-state index is -0.950. The smallest absolute Gasteiger partial charge is 0.306 e. The number of furan rings is 1. The van der Waals surface area contributed by atoms with Gasteiger partial charge in [0.1, 0.15) is 5.58 Å². The highest BCUT2D eigenvalue weighted by molar-refractivity contribution is 5.95. The number of benzene rings is 2. The van der Waals surface area contributed by atoms with E-state index in [4.69, 9.17) is 4.42 Å². The van der Waals surface area contributed by atoms with Crippen molar-refractivity contribution in [2.75, 3.05) is 5.32 Å². The predicted octanol–water partition coefficient (Wildman–Crippen LogP) is 3.97. The zero-order valence-corrected chi connectivity index (χ0v) is 12.7. The zero-order chi connectivity index (χ0) is 17.3. The Hall–Kier alpha value is -3.22. The Bertz CT molecular complexity index is 949. The molecule has 24 heavy (non-hydrogen) atoms. The summed E-state index contributed by atoms with van der Waals surface area (Å²) >= 11 is 0. The molecule has 0 atom stereocenters. The summed E-state index contributed by atoms with van der Waals surface area (Å²) in [6.07, 6.45) is 1.55. The highest BCUT2D eigenvalue weighted by Crippen LogP contribution is 2.24. The summed E-state index contributed by atoms with van der Waals surface area (Å²) in [5.74, 6) is -1.33. The van der Waals surface area contributed by atoms with Crippen molar-refractivity contribution in [3.63, 3.8) is 0 Å². The molecule has 0 saturated heterocycles. The van der Waals surface area contributed by atoms with E-state index >= 15 is 0 Å². The first-order valence-electron chi connectivity index (χ1n) is 7.14. The SMILES string of the molecule is Cc1ccc2c(CC(=O)Nc3ccc(F)c([N+](=O)[O-])c3)coc2c1. The Morgan fingerprint density at radius 2 is 2.08 bits per heavy atom. The van der Waals surface area contributed by atoms with Crippen molar-refractivity contribution in [2.24, 2.45) is 0 Å². The van der Waals surface area contributed by atoms with Crippen molar-refractivity contribution >= 4 is 28.3 Å². The van der Waals surface area contributed by atoms with Crippen LogP contribution in [0.4, 0.5) is 15.8 Å². The molecule has 3 rings (SSSR count). The number of nitro benzene ring substituents is 1. The first-order valence-corrected chi connectivity index (χ1v) is 7.14. The summed E-state index contributed by atoms with van der Waals surface area (Å²) in [5, 5.41) is 14.1. The number of aryl methyl sites for hydroxylation is 1. The van der Waals surface area contributed by atoms with Crippen molar-refractivity contribution in [1.29, 1.82) is 0 Å². The maximum Gasteiger partial charge on any atom is 0.306 e. The lowest BCUT2D eigenvalue weighted by atomic mass is 10.1. The van der Waals surface area contributed by atoms with Crippen molar-refractivity contribution in [1.82, 2.24) is 0 Å². The van der Waals surface area contributed by atoms with Crippen LogP contribution in [0.25, 0.3) is 11.0 Å². The van der Waals surface area contributed by atoms with E-state index in [0.29, 0.717) is 11.1 Å². The molecular formula is C17H13FN2O4. The summed E-state index contributed by atoms with van der Waals surface area (Å²) in [4.78, 5) is 22.0. The molecule has 1 amide bonds. The van der Waals surface area contributed by atoms with Crippen LogP contribution in [-0.4, -0.2) is 10.8 Å². The van der Waals surface area contributed by atoms with Gasteiger partial charge in [0.25, 0.3) is 0 Å². The van der Waals surface area contributed by atoms with E-state index in [1.165, 1.54) is 12.3 Å². The fourth-order valence-electron chi connectivity index (χ4n) is 2.44. The second kappa shape index (κ2) is 6.11. The van der Waals surface area contributed by atoms with Crippen LogP contribution in [0.1, 0.15) is 11.1 Å². The van der Waals surface area contributed by atoms with Crippen LogP contribution in [-0.2, 0) is 11.2 Å². The molecule has 0 radical (unpaired) electrons. The van der Waals surface area contributed by atoms with Crippen LogP contribution in [0.3, 0.4) is 0 Å². The van der Waals surface area contributed by atoms with Gasteiger partial charge in [-0.3, -0.25) is 14.9 Å². The molecule has 0 saturated carbocycles. The zero-order valence-electron chi connectivity index (χ0n) is 12.7. The molecule has 0 aliphatic carbocycles. The van der Waals surface area contributed by atoms with E-state index in [2.05, 4.69) is 5.32 Å². The van der Waals surface area contributed by atoms with E-state index in [9.17, 15) is 19.3 Å². The minimum Gasteiger partial charge on any atom is -0.464 e. The fraction of sp³-hybridized carbons (Fsp3) is 0.118. The lowest BCUT2D eigenvalue weighted by Crippen LogP contribution is -2.14. The van der Waals surface area contributed by atoms with E-state index in [-0.39, 0.29) is 18.0 Å². The van der Waals surface area contributed by atoms with Gasteiger partial charge in [0.2, 0.25) is 11.7 Å². The lowest BCUT2D eigenvalue weighted by molar-refractivity contribution is -0.387. The maximum absolute atomic E-state index is 13.3. The van der Waals surface area contributed by atoms with E-state index in [1.54, 1.807) is 0 Å². The predicted molar refractivity (Wildman–Crippen MR) is 86.3 cm³/mol. The van der Waals surface area contributed by atoms with E-state index < -0.39 is 16.4 Å². The molecule has 7 heteroatoms. The standard InChI is InChI=1S/C17H13FN2O4/c1-10-2-4-13-11(9-24-16(13)6-10)7-17(21)19-12-3-5-14(18)15(8-12)20(22)23/h2-6,8-9H,7H2,1H3,(H,19,21). The number of carbonyl (C=O) groups is 1. The molecule has 0 aliphatic heterocycles. The van der Waals surface area contributed by atoms with E-state index in [1.807, 2.05) is 25.1 Å². The van der Waals surface area contributed by atoms with Crippen molar-refractivity contribution in [2.45, 2.75) is 13.3 Å². The molecule has 6 nitrogen and oxygen atoms in total. The first-order chi connectivity index (χ1) is 11.4. The first kappa shape index (κ1) is 15.7. The van der Waals surface area contributed by atoms with Crippen LogP contribution in [0.15, 0.2) is 47.1 Å². The van der Waals surface area contributed by atoms with Crippen LogP contribution in [0.5, 0.6) is 0 Å². The number of rotatable bonds is 4. The lowest BCUT2D eigenvalue weighted by Gasteiger charge is -2.05. The number of nitrogens with zero attached hydrogens (tertiary/aromatic N) is 1. The number of nitrogens with one attached hydrogen (secondary N) is 1. The number of carbonyl (C=O) groups excluding carboxylic acids is 1. The number of nitro groups is 1. The highest BCUT2D eigenvalue weighted by atomic mass is 19.1. The average molecular weight is 328 g/mol. The maximum atomic E-state index is 13.3. The van der Waals surface area contributed by atoms with Crippen molar-refractivity contribution in [3.8, 4) is 0 Å². The van der Waals surface area contributed by atoms with Crippen molar-refractivity contribution < 1.29 is 18.5 Å². The molecular weight excluding hydrogens is 315 g/mol. The normalized spacial score (nSPS) is 10.8. The van der Waals surface area contributed by atoms with Gasteiger partial charge in [-0.05, 0) is 30.7 Å². The molecule has 122 valence electrons. The third-order valence-electron chi connectivity index (χ3n) is 3.59. The Balaban J connectivity index is 1.78. The topological polar surface area (TPSA) is 85.4 Å². The fourth-order valence-corrected chi connectivity index (χ4v) is 2.44. The van der Waals surface area contributed by atoms with Crippen LogP contribution in [0, 0.1) is 22.9 Å². The molecule has 0 fully saturated rings. The molecule has 0 spiro atoms. The number of fused-ring (bicyclic) bond motifs is 1. The van der Waals surface area contributed by atoms with Crippen molar-refractivity contribution in [3.05, 3.63) is 69.7 Å².